The van der Waals surface area contributed by atoms with E-state index < -0.39 is 17.4 Å². The molecule has 0 aromatic heterocycles. The van der Waals surface area contributed by atoms with Gasteiger partial charge in [-0.25, -0.2) is 0 Å². The Morgan fingerprint density at radius 2 is 1.80 bits per heavy atom. The van der Waals surface area contributed by atoms with E-state index >= 15 is 0 Å². The predicted molar refractivity (Wildman–Crippen MR) is 93.9 cm³/mol. The summed E-state index contributed by atoms with van der Waals surface area (Å²) in [6, 6.07) is -0.296. The zero-order valence-corrected chi connectivity index (χ0v) is 15.7. The lowest BCUT2D eigenvalue weighted by atomic mass is 9.85. The molecule has 3 N–H and O–H groups in total. The molecule has 7 nitrogen and oxygen atoms in total. The summed E-state index contributed by atoms with van der Waals surface area (Å²) in [4.78, 5) is 37.2. The van der Waals surface area contributed by atoms with Crippen LogP contribution in [0.25, 0.3) is 0 Å². The largest absolute Gasteiger partial charge is 0.480 e. The summed E-state index contributed by atoms with van der Waals surface area (Å²) in [6.07, 6.45) is 3.92. The fourth-order valence-corrected chi connectivity index (χ4v) is 2.96. The summed E-state index contributed by atoms with van der Waals surface area (Å²) in [5.41, 5.74) is -0.531. The van der Waals surface area contributed by atoms with Crippen LogP contribution in [-0.4, -0.2) is 59.0 Å². The molecule has 2 aliphatic rings. The highest BCUT2D eigenvalue weighted by molar-refractivity contribution is 5.89. The molecule has 25 heavy (non-hydrogen) atoms. The van der Waals surface area contributed by atoms with Crippen LogP contribution in [0.1, 0.15) is 53.4 Å². The summed E-state index contributed by atoms with van der Waals surface area (Å²) < 4.78 is 0. The van der Waals surface area contributed by atoms with Crippen molar-refractivity contribution in [1.82, 2.24) is 15.5 Å². The normalized spacial score (nSPS) is 24.4. The molecule has 0 bridgehead atoms. The van der Waals surface area contributed by atoms with Gasteiger partial charge < -0.3 is 15.7 Å². The van der Waals surface area contributed by atoms with E-state index in [1.54, 1.807) is 27.7 Å². The van der Waals surface area contributed by atoms with Gasteiger partial charge in [0.15, 0.2) is 0 Å². The smallest absolute Gasteiger partial charge is 0.317 e. The lowest BCUT2D eigenvalue weighted by molar-refractivity contribution is -0.140. The summed E-state index contributed by atoms with van der Waals surface area (Å²) in [5, 5.41) is 14.7. The number of nitrogens with zero attached hydrogens (tertiary/aromatic N) is 1. The van der Waals surface area contributed by atoms with Gasteiger partial charge in [-0.15, -0.1) is 0 Å². The van der Waals surface area contributed by atoms with Crippen molar-refractivity contribution in [3.8, 4) is 0 Å². The highest BCUT2D eigenvalue weighted by Crippen LogP contribution is 2.33. The van der Waals surface area contributed by atoms with Gasteiger partial charge >= 0.3 is 5.97 Å². The Kier molecular flexibility index (Phi) is 6.08. The minimum absolute atomic E-state index is 0.0574. The van der Waals surface area contributed by atoms with Gasteiger partial charge in [0.1, 0.15) is 6.04 Å². The van der Waals surface area contributed by atoms with E-state index in [-0.39, 0.29) is 30.4 Å². The molecule has 0 spiro atoms. The van der Waals surface area contributed by atoms with Crippen LogP contribution in [0.4, 0.5) is 0 Å². The van der Waals surface area contributed by atoms with Crippen LogP contribution >= 0.6 is 0 Å². The fourth-order valence-electron chi connectivity index (χ4n) is 2.96. The predicted octanol–water partition coefficient (Wildman–Crippen LogP) is 0.981. The van der Waals surface area contributed by atoms with Gasteiger partial charge in [0.05, 0.1) is 6.54 Å². The van der Waals surface area contributed by atoms with E-state index in [1.165, 1.54) is 12.8 Å². The third-order valence-corrected chi connectivity index (χ3v) is 4.93. The summed E-state index contributed by atoms with van der Waals surface area (Å²) in [7, 11) is 0. The van der Waals surface area contributed by atoms with Crippen molar-refractivity contribution in [3.05, 3.63) is 0 Å². The first-order chi connectivity index (χ1) is 11.6. The van der Waals surface area contributed by atoms with Crippen LogP contribution in [0.3, 0.4) is 0 Å². The molecule has 0 aromatic rings. The molecule has 142 valence electrons. The molecule has 2 aliphatic carbocycles. The Labute approximate surface area is 149 Å². The number of carbonyl (C=O) groups excluding carboxylic acids is 2. The molecular weight excluding hydrogens is 322 g/mol. The van der Waals surface area contributed by atoms with Crippen molar-refractivity contribution in [1.29, 1.82) is 0 Å². The van der Waals surface area contributed by atoms with Crippen LogP contribution in [0, 0.1) is 11.3 Å². The van der Waals surface area contributed by atoms with E-state index in [4.69, 9.17) is 5.11 Å². The average molecular weight is 353 g/mol. The van der Waals surface area contributed by atoms with Gasteiger partial charge in [0, 0.05) is 24.0 Å². The van der Waals surface area contributed by atoms with Gasteiger partial charge in [-0.1, -0.05) is 20.8 Å². The maximum atomic E-state index is 12.2. The highest BCUT2D eigenvalue weighted by atomic mass is 16.4. The summed E-state index contributed by atoms with van der Waals surface area (Å²) >= 11 is 0. The van der Waals surface area contributed by atoms with E-state index in [2.05, 4.69) is 10.6 Å². The van der Waals surface area contributed by atoms with E-state index in [9.17, 15) is 14.4 Å². The van der Waals surface area contributed by atoms with Gasteiger partial charge in [0.2, 0.25) is 11.8 Å². The molecule has 2 amide bonds. The topological polar surface area (TPSA) is 98.7 Å². The summed E-state index contributed by atoms with van der Waals surface area (Å²) in [5.74, 6) is -0.501. The SMILES string of the molecule is CC(NC(=O)C(C)(C)C)C(=O)NC1CC(N(CC(=O)O)CC2CC2)C1. The lowest BCUT2D eigenvalue weighted by Crippen LogP contribution is -2.58. The lowest BCUT2D eigenvalue weighted by Gasteiger charge is -2.43. The molecule has 1 atom stereocenters. The molecule has 2 saturated carbocycles. The molecule has 7 heteroatoms. The number of aliphatic carboxylic acids is 1. The molecule has 0 radical (unpaired) electrons. The average Bonchev–Trinajstić information content (AvgIpc) is 3.23. The second kappa shape index (κ2) is 7.72. The Morgan fingerprint density at radius 3 is 2.28 bits per heavy atom. The minimum atomic E-state index is -0.799. The first-order valence-corrected chi connectivity index (χ1v) is 9.13. The Morgan fingerprint density at radius 1 is 1.20 bits per heavy atom. The second-order valence-corrected chi connectivity index (χ2v) is 8.54. The Balaban J connectivity index is 1.74. The van der Waals surface area contributed by atoms with Crippen LogP contribution in [0.2, 0.25) is 0 Å². The highest BCUT2D eigenvalue weighted by Gasteiger charge is 2.38. The number of carbonyl (C=O) groups is 3. The molecular formula is C18H31N3O4. The first kappa shape index (κ1) is 19.7. The van der Waals surface area contributed by atoms with Gasteiger partial charge in [-0.2, -0.15) is 0 Å². The zero-order valence-electron chi connectivity index (χ0n) is 15.7. The van der Waals surface area contributed by atoms with Gasteiger partial charge in [-0.05, 0) is 38.5 Å². The summed E-state index contributed by atoms with van der Waals surface area (Å²) in [6.45, 7) is 8.01. The molecule has 0 saturated heterocycles. The molecule has 0 heterocycles. The van der Waals surface area contributed by atoms with Crippen molar-refractivity contribution in [3.63, 3.8) is 0 Å². The van der Waals surface area contributed by atoms with Crippen LogP contribution < -0.4 is 10.6 Å². The molecule has 0 aliphatic heterocycles. The molecule has 0 aromatic carbocycles. The first-order valence-electron chi connectivity index (χ1n) is 9.13. The van der Waals surface area contributed by atoms with Crippen molar-refractivity contribution in [2.24, 2.45) is 11.3 Å². The number of carboxylic acid groups (broad SMARTS) is 1. The van der Waals surface area contributed by atoms with Crippen LogP contribution in [0.5, 0.6) is 0 Å². The molecule has 2 rings (SSSR count). The number of rotatable bonds is 8. The standard InChI is InChI=1S/C18H31N3O4/c1-11(19-17(25)18(2,3)4)16(24)20-13-7-14(8-13)21(10-15(22)23)9-12-5-6-12/h11-14H,5-10H2,1-4H3,(H,19,25)(H,20,24)(H,22,23). The maximum Gasteiger partial charge on any atom is 0.317 e. The zero-order chi connectivity index (χ0) is 18.8. The maximum absolute atomic E-state index is 12.2. The van der Waals surface area contributed by atoms with Gasteiger partial charge in [-0.3, -0.25) is 19.3 Å². The van der Waals surface area contributed by atoms with Crippen LogP contribution in [0.15, 0.2) is 0 Å². The quantitative estimate of drug-likeness (QED) is 0.604. The number of carboxylic acids is 1. The van der Waals surface area contributed by atoms with Crippen molar-refractivity contribution in [2.45, 2.75) is 71.5 Å². The van der Waals surface area contributed by atoms with Crippen LogP contribution in [-0.2, 0) is 14.4 Å². The third kappa shape index (κ3) is 5.99. The number of nitrogens with one attached hydrogen (secondary N) is 2. The molecule has 1 unspecified atom stereocenters. The van der Waals surface area contributed by atoms with Gasteiger partial charge in [0.25, 0.3) is 0 Å². The minimum Gasteiger partial charge on any atom is -0.480 e. The Bertz CT molecular complexity index is 519. The van der Waals surface area contributed by atoms with Crippen molar-refractivity contribution < 1.29 is 19.5 Å². The monoisotopic (exact) mass is 353 g/mol. The van der Waals surface area contributed by atoms with E-state index in [0.717, 1.165) is 19.4 Å². The van der Waals surface area contributed by atoms with Crippen molar-refractivity contribution in [2.75, 3.05) is 13.1 Å². The second-order valence-electron chi connectivity index (χ2n) is 8.54. The van der Waals surface area contributed by atoms with E-state index in [0.29, 0.717) is 5.92 Å². The number of amides is 2. The number of hydrogen-bond donors (Lipinski definition) is 3. The third-order valence-electron chi connectivity index (χ3n) is 4.93. The molecule has 2 fully saturated rings. The fraction of sp³-hybridized carbons (Fsp3) is 0.833. The number of hydrogen-bond acceptors (Lipinski definition) is 4. The van der Waals surface area contributed by atoms with Crippen molar-refractivity contribution >= 4 is 17.8 Å². The Hall–Kier alpha value is -1.63. The van der Waals surface area contributed by atoms with E-state index in [1.807, 2.05) is 4.90 Å².